The summed E-state index contributed by atoms with van der Waals surface area (Å²) in [5.74, 6) is 1.03. The molecule has 0 radical (unpaired) electrons. The van der Waals surface area contributed by atoms with Gasteiger partial charge in [-0.05, 0) is 37.4 Å². The lowest BCUT2D eigenvalue weighted by Gasteiger charge is -2.20. The van der Waals surface area contributed by atoms with Crippen LogP contribution >= 0.6 is 0 Å². The van der Waals surface area contributed by atoms with Crippen molar-refractivity contribution in [2.45, 2.75) is 40.2 Å². The van der Waals surface area contributed by atoms with Gasteiger partial charge >= 0.3 is 0 Å². The number of hydrogen-bond donors (Lipinski definition) is 1. The summed E-state index contributed by atoms with van der Waals surface area (Å²) in [5, 5.41) is 3.44. The van der Waals surface area contributed by atoms with E-state index in [4.69, 9.17) is 4.74 Å². The molecule has 0 unspecified atom stereocenters. The van der Waals surface area contributed by atoms with E-state index in [9.17, 15) is 0 Å². The first kappa shape index (κ1) is 16.3. The zero-order chi connectivity index (χ0) is 15.1. The van der Waals surface area contributed by atoms with Crippen LogP contribution in [0.1, 0.15) is 39.2 Å². The predicted molar refractivity (Wildman–Crippen MR) is 88.8 cm³/mol. The highest BCUT2D eigenvalue weighted by molar-refractivity contribution is 5.33. The lowest BCUT2D eigenvalue weighted by molar-refractivity contribution is 0.221. The molecule has 1 aliphatic heterocycles. The Balaban J connectivity index is 1.77. The van der Waals surface area contributed by atoms with Gasteiger partial charge in [-0.1, -0.05) is 39.0 Å². The summed E-state index contributed by atoms with van der Waals surface area (Å²) < 4.78 is 6.02. The van der Waals surface area contributed by atoms with Crippen LogP contribution < -0.4 is 10.1 Å². The monoisotopic (exact) mass is 290 g/mol. The maximum Gasteiger partial charge on any atom is 0.123 e. The average molecular weight is 290 g/mol. The van der Waals surface area contributed by atoms with Crippen molar-refractivity contribution in [2.75, 3.05) is 32.8 Å². The third kappa shape index (κ3) is 5.33. The number of hydrogen-bond acceptors (Lipinski definition) is 3. The van der Waals surface area contributed by atoms with Crippen LogP contribution in [0.5, 0.6) is 5.75 Å². The number of nitrogens with zero attached hydrogens (tertiary/aromatic N) is 1. The molecule has 0 aromatic heterocycles. The highest BCUT2D eigenvalue weighted by Gasteiger charge is 2.28. The van der Waals surface area contributed by atoms with Gasteiger partial charge in [0.05, 0.1) is 0 Å². The fraction of sp³-hybridized carbons (Fsp3) is 0.667. The zero-order valence-electron chi connectivity index (χ0n) is 13.8. The molecule has 1 N–H and O–H groups in total. The van der Waals surface area contributed by atoms with Gasteiger partial charge in [-0.15, -0.1) is 0 Å². The maximum atomic E-state index is 6.02. The fourth-order valence-corrected chi connectivity index (χ4v) is 2.89. The van der Waals surface area contributed by atoms with Crippen LogP contribution in [0.15, 0.2) is 24.3 Å². The van der Waals surface area contributed by atoms with Crippen LogP contribution in [0, 0.1) is 5.41 Å². The van der Waals surface area contributed by atoms with Crippen LogP contribution in [0.4, 0.5) is 0 Å². The van der Waals surface area contributed by atoms with Gasteiger partial charge in [-0.3, -0.25) is 4.90 Å². The Labute approximate surface area is 129 Å². The Morgan fingerprint density at radius 2 is 2.10 bits per heavy atom. The summed E-state index contributed by atoms with van der Waals surface area (Å²) in [6.45, 7) is 13.0. The molecule has 3 nitrogen and oxygen atoms in total. The van der Waals surface area contributed by atoms with Crippen LogP contribution in [0.3, 0.4) is 0 Å². The number of nitrogens with one attached hydrogen (secondary N) is 1. The second-order valence-corrected chi connectivity index (χ2v) is 6.82. The van der Waals surface area contributed by atoms with Crippen LogP contribution in [0.2, 0.25) is 0 Å². The molecule has 3 heteroatoms. The first-order chi connectivity index (χ1) is 10.1. The van der Waals surface area contributed by atoms with Crippen molar-refractivity contribution < 1.29 is 4.74 Å². The molecule has 1 aromatic carbocycles. The van der Waals surface area contributed by atoms with E-state index in [2.05, 4.69) is 55.3 Å². The molecular weight excluding hydrogens is 260 g/mol. The Bertz CT molecular complexity index is 431. The molecule has 0 saturated carbocycles. The van der Waals surface area contributed by atoms with Gasteiger partial charge in [0.2, 0.25) is 0 Å². The van der Waals surface area contributed by atoms with E-state index in [1.54, 1.807) is 0 Å². The number of ether oxygens (including phenoxy) is 1. The summed E-state index contributed by atoms with van der Waals surface area (Å²) in [5.41, 5.74) is 1.73. The van der Waals surface area contributed by atoms with Gasteiger partial charge in [0.25, 0.3) is 0 Å². The van der Waals surface area contributed by atoms with E-state index in [1.807, 2.05) is 0 Å². The topological polar surface area (TPSA) is 24.5 Å². The first-order valence-electron chi connectivity index (χ1n) is 8.24. The molecule has 1 fully saturated rings. The predicted octanol–water partition coefficient (Wildman–Crippen LogP) is 3.30. The smallest absolute Gasteiger partial charge is 0.123 e. The normalized spacial score (nSPS) is 18.0. The molecule has 1 heterocycles. The van der Waals surface area contributed by atoms with E-state index >= 15 is 0 Å². The third-order valence-electron chi connectivity index (χ3n) is 4.14. The average Bonchev–Trinajstić information content (AvgIpc) is 2.80. The van der Waals surface area contributed by atoms with E-state index in [1.165, 1.54) is 25.1 Å². The zero-order valence-corrected chi connectivity index (χ0v) is 13.8. The molecule has 1 aliphatic rings. The summed E-state index contributed by atoms with van der Waals surface area (Å²) >= 11 is 0. The van der Waals surface area contributed by atoms with Gasteiger partial charge in [-0.2, -0.15) is 0 Å². The highest BCUT2D eigenvalue weighted by atomic mass is 16.5. The van der Waals surface area contributed by atoms with Crippen molar-refractivity contribution in [1.82, 2.24) is 10.2 Å². The SMILES string of the molecule is CCCNCc1ccccc1OCCN1CCC(C)(C)C1. The highest BCUT2D eigenvalue weighted by Crippen LogP contribution is 2.28. The molecule has 1 aromatic rings. The standard InChI is InChI=1S/C18H30N2O/c1-4-10-19-14-16-7-5-6-8-17(16)21-13-12-20-11-9-18(2,3)15-20/h5-8,19H,4,9-15H2,1-3H3. The Morgan fingerprint density at radius 3 is 2.81 bits per heavy atom. The van der Waals surface area contributed by atoms with Crippen molar-refractivity contribution >= 4 is 0 Å². The van der Waals surface area contributed by atoms with E-state index in [0.29, 0.717) is 5.41 Å². The van der Waals surface area contributed by atoms with Gasteiger partial charge < -0.3 is 10.1 Å². The summed E-state index contributed by atoms with van der Waals surface area (Å²) in [6.07, 6.45) is 2.46. The summed E-state index contributed by atoms with van der Waals surface area (Å²) in [7, 11) is 0. The molecule has 1 saturated heterocycles. The largest absolute Gasteiger partial charge is 0.492 e. The van der Waals surface area contributed by atoms with E-state index < -0.39 is 0 Å². The van der Waals surface area contributed by atoms with Gasteiger partial charge in [0.15, 0.2) is 0 Å². The molecule has 0 amide bonds. The van der Waals surface area contributed by atoms with Gasteiger partial charge in [0, 0.05) is 25.2 Å². The quantitative estimate of drug-likeness (QED) is 0.744. The number of para-hydroxylation sites is 1. The second kappa shape index (κ2) is 7.81. The molecule has 118 valence electrons. The van der Waals surface area contributed by atoms with E-state index in [-0.39, 0.29) is 0 Å². The van der Waals surface area contributed by atoms with Crippen molar-refractivity contribution in [1.29, 1.82) is 0 Å². The second-order valence-electron chi connectivity index (χ2n) is 6.82. The fourth-order valence-electron chi connectivity index (χ4n) is 2.89. The van der Waals surface area contributed by atoms with Crippen molar-refractivity contribution in [3.05, 3.63) is 29.8 Å². The van der Waals surface area contributed by atoms with Crippen LogP contribution in [0.25, 0.3) is 0 Å². The minimum atomic E-state index is 0.474. The summed E-state index contributed by atoms with van der Waals surface area (Å²) in [4.78, 5) is 2.51. The van der Waals surface area contributed by atoms with E-state index in [0.717, 1.165) is 38.4 Å². The molecule has 21 heavy (non-hydrogen) atoms. The molecule has 0 atom stereocenters. The number of rotatable bonds is 8. The first-order valence-corrected chi connectivity index (χ1v) is 8.24. The molecular formula is C18H30N2O. The Kier molecular flexibility index (Phi) is 6.07. The van der Waals surface area contributed by atoms with Gasteiger partial charge in [0.1, 0.15) is 12.4 Å². The molecule has 2 rings (SSSR count). The Hall–Kier alpha value is -1.06. The van der Waals surface area contributed by atoms with Gasteiger partial charge in [-0.25, -0.2) is 0 Å². The third-order valence-corrected chi connectivity index (χ3v) is 4.14. The van der Waals surface area contributed by atoms with Crippen molar-refractivity contribution in [3.8, 4) is 5.75 Å². The van der Waals surface area contributed by atoms with Crippen molar-refractivity contribution in [3.63, 3.8) is 0 Å². The minimum absolute atomic E-state index is 0.474. The summed E-state index contributed by atoms with van der Waals surface area (Å²) in [6, 6.07) is 8.37. The minimum Gasteiger partial charge on any atom is -0.492 e. The Morgan fingerprint density at radius 1 is 1.29 bits per heavy atom. The van der Waals surface area contributed by atoms with Crippen LogP contribution in [-0.4, -0.2) is 37.7 Å². The lowest BCUT2D eigenvalue weighted by atomic mass is 9.93. The number of likely N-dealkylation sites (tertiary alicyclic amines) is 1. The molecule has 0 aliphatic carbocycles. The lowest BCUT2D eigenvalue weighted by Crippen LogP contribution is -2.28. The van der Waals surface area contributed by atoms with Crippen molar-refractivity contribution in [2.24, 2.45) is 5.41 Å². The number of benzene rings is 1. The molecule has 0 bridgehead atoms. The molecule has 0 spiro atoms. The maximum absolute atomic E-state index is 6.02. The van der Waals surface area contributed by atoms with Crippen LogP contribution in [-0.2, 0) is 6.54 Å².